The van der Waals surface area contributed by atoms with Crippen LogP contribution in [0.5, 0.6) is 0 Å². The van der Waals surface area contributed by atoms with Crippen molar-refractivity contribution in [2.45, 2.75) is 12.5 Å². The largest absolute Gasteiger partial charge is 0.379 e. The second kappa shape index (κ2) is 6.04. The molecular weight excluding hydrogens is 258 g/mol. The number of nitrogens with one attached hydrogen (secondary N) is 1. The number of hydrogen-bond donors (Lipinski definition) is 1. The van der Waals surface area contributed by atoms with Crippen LogP contribution in [0.15, 0.2) is 18.5 Å². The van der Waals surface area contributed by atoms with E-state index in [1.54, 1.807) is 18.5 Å². The molecule has 1 atom stereocenters. The number of piperazine rings is 1. The van der Waals surface area contributed by atoms with E-state index in [1.165, 1.54) is 0 Å². The van der Waals surface area contributed by atoms with E-state index < -0.39 is 0 Å². The van der Waals surface area contributed by atoms with Crippen molar-refractivity contribution in [2.24, 2.45) is 0 Å². The average Bonchev–Trinajstić information content (AvgIpc) is 3.01. The van der Waals surface area contributed by atoms with Gasteiger partial charge in [0, 0.05) is 45.2 Å². The van der Waals surface area contributed by atoms with Crippen LogP contribution >= 0.6 is 0 Å². The van der Waals surface area contributed by atoms with Gasteiger partial charge in [0.05, 0.1) is 12.6 Å². The molecule has 0 bridgehead atoms. The van der Waals surface area contributed by atoms with Gasteiger partial charge in [-0.2, -0.15) is 0 Å². The van der Waals surface area contributed by atoms with E-state index >= 15 is 0 Å². The van der Waals surface area contributed by atoms with E-state index in [9.17, 15) is 4.79 Å². The molecule has 7 nitrogen and oxygen atoms in total. The lowest BCUT2D eigenvalue weighted by atomic mass is 10.2. The molecule has 1 N–H and O–H groups in total. The zero-order valence-corrected chi connectivity index (χ0v) is 11.4. The van der Waals surface area contributed by atoms with Gasteiger partial charge in [0.25, 0.3) is 0 Å². The molecule has 2 aliphatic rings. The van der Waals surface area contributed by atoms with Gasteiger partial charge in [-0.15, -0.1) is 0 Å². The second-order valence-corrected chi connectivity index (χ2v) is 5.03. The minimum atomic E-state index is 0.00845. The van der Waals surface area contributed by atoms with Crippen molar-refractivity contribution in [1.82, 2.24) is 20.2 Å². The molecule has 2 aliphatic heterocycles. The molecule has 0 aliphatic carbocycles. The number of aromatic nitrogens is 2. The highest BCUT2D eigenvalue weighted by Crippen LogP contribution is 2.10. The zero-order chi connectivity index (χ0) is 13.8. The molecule has 2 saturated heterocycles. The molecule has 0 aromatic carbocycles. The molecule has 1 aromatic rings. The molecule has 2 fully saturated rings. The Bertz CT molecular complexity index is 441. The summed E-state index contributed by atoms with van der Waals surface area (Å²) in [5, 5.41) is 3.02. The van der Waals surface area contributed by atoms with Crippen LogP contribution in [0.4, 0.5) is 10.7 Å². The normalized spacial score (nSPS) is 22.9. The van der Waals surface area contributed by atoms with Gasteiger partial charge >= 0.3 is 6.03 Å². The van der Waals surface area contributed by atoms with E-state index in [0.717, 1.165) is 32.1 Å². The number of rotatable bonds is 2. The summed E-state index contributed by atoms with van der Waals surface area (Å²) in [7, 11) is 0. The van der Waals surface area contributed by atoms with E-state index in [0.29, 0.717) is 19.7 Å². The first-order chi connectivity index (χ1) is 9.83. The van der Waals surface area contributed by atoms with Gasteiger partial charge in [0.15, 0.2) is 0 Å². The third-order valence-electron chi connectivity index (χ3n) is 3.66. The molecule has 3 rings (SSSR count). The van der Waals surface area contributed by atoms with Crippen LogP contribution in [-0.2, 0) is 4.74 Å². The third-order valence-corrected chi connectivity index (χ3v) is 3.66. The molecule has 7 heteroatoms. The third kappa shape index (κ3) is 2.98. The van der Waals surface area contributed by atoms with Crippen molar-refractivity contribution in [3.05, 3.63) is 18.5 Å². The SMILES string of the molecule is O=C(NC1CCOC1)N1CCN(c2ncccn2)CC1. The minimum absolute atomic E-state index is 0.00845. The van der Waals surface area contributed by atoms with Crippen LogP contribution in [0.25, 0.3) is 0 Å². The molecule has 0 spiro atoms. The Hall–Kier alpha value is -1.89. The molecule has 0 saturated carbocycles. The van der Waals surface area contributed by atoms with E-state index in [-0.39, 0.29) is 12.1 Å². The number of anilines is 1. The Kier molecular flexibility index (Phi) is 3.96. The van der Waals surface area contributed by atoms with Crippen LogP contribution in [0.1, 0.15) is 6.42 Å². The fraction of sp³-hybridized carbons (Fsp3) is 0.615. The quantitative estimate of drug-likeness (QED) is 0.830. The van der Waals surface area contributed by atoms with Crippen molar-refractivity contribution in [3.8, 4) is 0 Å². The first-order valence-electron chi connectivity index (χ1n) is 6.98. The Labute approximate surface area is 117 Å². The van der Waals surface area contributed by atoms with Gasteiger partial charge in [0.1, 0.15) is 0 Å². The number of carbonyl (C=O) groups is 1. The summed E-state index contributed by atoms with van der Waals surface area (Å²) in [5.74, 6) is 0.733. The summed E-state index contributed by atoms with van der Waals surface area (Å²) < 4.78 is 5.26. The zero-order valence-electron chi connectivity index (χ0n) is 11.4. The minimum Gasteiger partial charge on any atom is -0.379 e. The molecule has 2 amide bonds. The number of ether oxygens (including phenoxy) is 1. The predicted octanol–water partition coefficient (Wildman–Crippen LogP) is 0.0971. The lowest BCUT2D eigenvalue weighted by molar-refractivity contribution is 0.176. The van der Waals surface area contributed by atoms with Gasteiger partial charge < -0.3 is 19.9 Å². The molecule has 1 unspecified atom stereocenters. The maximum Gasteiger partial charge on any atom is 0.317 e. The molecule has 0 radical (unpaired) electrons. The Morgan fingerprint density at radius 1 is 1.25 bits per heavy atom. The maximum absolute atomic E-state index is 12.1. The van der Waals surface area contributed by atoms with Gasteiger partial charge in [-0.25, -0.2) is 14.8 Å². The lowest BCUT2D eigenvalue weighted by Gasteiger charge is -2.35. The maximum atomic E-state index is 12.1. The van der Waals surface area contributed by atoms with Crippen LogP contribution in [0.2, 0.25) is 0 Å². The molecule has 20 heavy (non-hydrogen) atoms. The highest BCUT2D eigenvalue weighted by atomic mass is 16.5. The van der Waals surface area contributed by atoms with E-state index in [1.807, 2.05) is 4.90 Å². The molecule has 1 aromatic heterocycles. The fourth-order valence-electron chi connectivity index (χ4n) is 2.48. The van der Waals surface area contributed by atoms with Crippen LogP contribution in [-0.4, -0.2) is 66.3 Å². The summed E-state index contributed by atoms with van der Waals surface area (Å²) >= 11 is 0. The fourth-order valence-corrected chi connectivity index (χ4v) is 2.48. The van der Waals surface area contributed by atoms with Crippen LogP contribution in [0, 0.1) is 0 Å². The average molecular weight is 277 g/mol. The first-order valence-corrected chi connectivity index (χ1v) is 6.98. The van der Waals surface area contributed by atoms with Gasteiger partial charge in [-0.1, -0.05) is 0 Å². The summed E-state index contributed by atoms with van der Waals surface area (Å²) in [6.07, 6.45) is 4.38. The summed E-state index contributed by atoms with van der Waals surface area (Å²) in [6.45, 7) is 4.28. The van der Waals surface area contributed by atoms with Crippen LogP contribution in [0.3, 0.4) is 0 Å². The number of carbonyl (C=O) groups excluding carboxylic acids is 1. The second-order valence-electron chi connectivity index (χ2n) is 5.03. The summed E-state index contributed by atoms with van der Waals surface area (Å²) in [5.41, 5.74) is 0. The van der Waals surface area contributed by atoms with Gasteiger partial charge in [-0.3, -0.25) is 0 Å². The van der Waals surface area contributed by atoms with E-state index in [4.69, 9.17) is 4.74 Å². The lowest BCUT2D eigenvalue weighted by Crippen LogP contribution is -2.53. The Morgan fingerprint density at radius 2 is 2.00 bits per heavy atom. The van der Waals surface area contributed by atoms with Gasteiger partial charge in [0.2, 0.25) is 5.95 Å². The van der Waals surface area contributed by atoms with E-state index in [2.05, 4.69) is 20.2 Å². The number of nitrogens with zero attached hydrogens (tertiary/aromatic N) is 4. The first kappa shape index (κ1) is 13.1. The standard InChI is InChI=1S/C13H19N5O2/c19-13(16-11-2-9-20-10-11)18-7-5-17(6-8-18)12-14-3-1-4-15-12/h1,3-4,11H,2,5-10H2,(H,16,19). The summed E-state index contributed by atoms with van der Waals surface area (Å²) in [4.78, 5) is 24.5. The van der Waals surface area contributed by atoms with Crippen molar-refractivity contribution >= 4 is 12.0 Å². The Balaban J connectivity index is 1.49. The van der Waals surface area contributed by atoms with Crippen molar-refractivity contribution in [2.75, 3.05) is 44.3 Å². The smallest absolute Gasteiger partial charge is 0.317 e. The number of amides is 2. The van der Waals surface area contributed by atoms with Crippen molar-refractivity contribution < 1.29 is 9.53 Å². The Morgan fingerprint density at radius 3 is 2.65 bits per heavy atom. The monoisotopic (exact) mass is 277 g/mol. The highest BCUT2D eigenvalue weighted by Gasteiger charge is 2.25. The predicted molar refractivity (Wildman–Crippen MR) is 73.6 cm³/mol. The molecular formula is C13H19N5O2. The summed E-state index contributed by atoms with van der Waals surface area (Å²) in [6, 6.07) is 1.98. The van der Waals surface area contributed by atoms with Gasteiger partial charge in [-0.05, 0) is 12.5 Å². The van der Waals surface area contributed by atoms with Crippen molar-refractivity contribution in [3.63, 3.8) is 0 Å². The topological polar surface area (TPSA) is 70.6 Å². The number of urea groups is 1. The number of hydrogen-bond acceptors (Lipinski definition) is 5. The van der Waals surface area contributed by atoms with Crippen molar-refractivity contribution in [1.29, 1.82) is 0 Å². The molecule has 108 valence electrons. The molecule has 3 heterocycles. The highest BCUT2D eigenvalue weighted by molar-refractivity contribution is 5.74. The van der Waals surface area contributed by atoms with Crippen LogP contribution < -0.4 is 10.2 Å².